The molecule has 2 aliphatic heterocycles. The second-order valence-corrected chi connectivity index (χ2v) is 8.42. The number of rotatable bonds is 2. The van der Waals surface area contributed by atoms with Gasteiger partial charge in [0, 0.05) is 23.1 Å². The van der Waals surface area contributed by atoms with Crippen LogP contribution in [0.2, 0.25) is 5.02 Å². The molecule has 0 aromatic heterocycles. The molecule has 2 bridgehead atoms. The highest BCUT2D eigenvalue weighted by atomic mass is 79.9. The van der Waals surface area contributed by atoms with Crippen molar-refractivity contribution in [1.82, 2.24) is 9.62 Å². The van der Waals surface area contributed by atoms with Crippen molar-refractivity contribution in [3.63, 3.8) is 0 Å². The van der Waals surface area contributed by atoms with Gasteiger partial charge < -0.3 is 5.32 Å². The highest BCUT2D eigenvalue weighted by Crippen LogP contribution is 2.36. The summed E-state index contributed by atoms with van der Waals surface area (Å²) in [5.74, 6) is 0. The first-order valence-corrected chi connectivity index (χ1v) is 9.30. The Balaban J connectivity index is 0.00000161. The van der Waals surface area contributed by atoms with Crippen LogP contribution < -0.4 is 5.32 Å². The van der Waals surface area contributed by atoms with E-state index in [4.69, 9.17) is 11.6 Å². The van der Waals surface area contributed by atoms with Crippen LogP contribution in [0.5, 0.6) is 0 Å². The van der Waals surface area contributed by atoms with Gasteiger partial charge in [0.1, 0.15) is 4.90 Å². The van der Waals surface area contributed by atoms with Crippen LogP contribution in [-0.2, 0) is 10.0 Å². The summed E-state index contributed by atoms with van der Waals surface area (Å²) in [6, 6.07) is 5.08. The highest BCUT2D eigenvalue weighted by molar-refractivity contribution is 9.10. The second-order valence-electron chi connectivity index (χ2n) is 5.29. The maximum Gasteiger partial charge on any atom is 0.245 e. The van der Waals surface area contributed by atoms with Crippen LogP contribution in [0, 0.1) is 0 Å². The van der Waals surface area contributed by atoms with Gasteiger partial charge in [-0.05, 0) is 44.0 Å². The molecule has 118 valence electrons. The van der Waals surface area contributed by atoms with Crippen LogP contribution in [0.1, 0.15) is 19.3 Å². The lowest BCUT2D eigenvalue weighted by atomic mass is 10.1. The van der Waals surface area contributed by atoms with E-state index in [1.807, 2.05) is 0 Å². The Bertz CT molecular complexity index is 613. The topological polar surface area (TPSA) is 49.4 Å². The fourth-order valence-corrected chi connectivity index (χ4v) is 6.04. The summed E-state index contributed by atoms with van der Waals surface area (Å²) in [6.07, 6.45) is 2.73. The van der Waals surface area contributed by atoms with Crippen LogP contribution in [0.25, 0.3) is 0 Å². The molecule has 0 spiro atoms. The number of halogens is 3. The number of nitrogens with one attached hydrogen (secondary N) is 1. The average molecular weight is 416 g/mol. The van der Waals surface area contributed by atoms with Gasteiger partial charge in [-0.3, -0.25) is 0 Å². The van der Waals surface area contributed by atoms with Gasteiger partial charge in [-0.1, -0.05) is 27.5 Å². The molecule has 0 amide bonds. The summed E-state index contributed by atoms with van der Waals surface area (Å²) in [5, 5.41) is 3.58. The predicted octanol–water partition coefficient (Wildman–Crippen LogP) is 3.04. The van der Waals surface area contributed by atoms with Crippen LogP contribution in [0.15, 0.2) is 27.6 Å². The Labute approximate surface area is 144 Å². The van der Waals surface area contributed by atoms with E-state index in [0.29, 0.717) is 0 Å². The van der Waals surface area contributed by atoms with Gasteiger partial charge in [-0.25, -0.2) is 8.42 Å². The second kappa shape index (κ2) is 6.72. The molecular formula is C13H17BrCl2N2O2S. The SMILES string of the molecule is Cl.O=S(=O)(c1ccc(Br)cc1Cl)N1C2CCNCC1CC2. The summed E-state index contributed by atoms with van der Waals surface area (Å²) < 4.78 is 28.3. The van der Waals surface area contributed by atoms with E-state index in [1.54, 1.807) is 22.5 Å². The fraction of sp³-hybridized carbons (Fsp3) is 0.538. The molecule has 2 heterocycles. The molecule has 4 nitrogen and oxygen atoms in total. The summed E-state index contributed by atoms with van der Waals surface area (Å²) in [4.78, 5) is 0.209. The zero-order chi connectivity index (χ0) is 14.3. The standard InChI is InChI=1S/C13H16BrClN2O2S.ClH/c14-9-1-4-13(12(15)7-9)20(18,19)17-10-2-3-11(17)8-16-6-5-10;/h1,4,7,10-11,16H,2-3,5-6,8H2;1H. The normalized spacial score (nSPS) is 26.2. The van der Waals surface area contributed by atoms with E-state index < -0.39 is 10.0 Å². The van der Waals surface area contributed by atoms with E-state index in [0.717, 1.165) is 36.8 Å². The van der Waals surface area contributed by atoms with Gasteiger partial charge >= 0.3 is 0 Å². The number of nitrogens with zero attached hydrogens (tertiary/aromatic N) is 1. The number of hydrogen-bond acceptors (Lipinski definition) is 3. The van der Waals surface area contributed by atoms with Gasteiger partial charge in [0.2, 0.25) is 10.0 Å². The summed E-state index contributed by atoms with van der Waals surface area (Å²) >= 11 is 9.44. The van der Waals surface area contributed by atoms with Crippen molar-refractivity contribution in [1.29, 1.82) is 0 Å². The molecule has 21 heavy (non-hydrogen) atoms. The molecule has 3 rings (SSSR count). The summed E-state index contributed by atoms with van der Waals surface area (Å²) in [7, 11) is -3.53. The van der Waals surface area contributed by atoms with Gasteiger partial charge in [0.15, 0.2) is 0 Å². The first kappa shape index (κ1) is 17.5. The van der Waals surface area contributed by atoms with Crippen LogP contribution >= 0.6 is 39.9 Å². The third kappa shape index (κ3) is 3.26. The third-order valence-electron chi connectivity index (χ3n) is 4.04. The van der Waals surface area contributed by atoms with E-state index in [2.05, 4.69) is 21.2 Å². The van der Waals surface area contributed by atoms with Crippen LogP contribution in [0.3, 0.4) is 0 Å². The minimum Gasteiger partial charge on any atom is -0.315 e. The van der Waals surface area contributed by atoms with Crippen molar-refractivity contribution in [3.8, 4) is 0 Å². The Morgan fingerprint density at radius 1 is 1.24 bits per heavy atom. The minimum absolute atomic E-state index is 0. The van der Waals surface area contributed by atoms with Crippen molar-refractivity contribution in [2.45, 2.75) is 36.2 Å². The molecule has 2 atom stereocenters. The molecule has 0 saturated carbocycles. The monoisotopic (exact) mass is 414 g/mol. The number of fused-ring (bicyclic) bond motifs is 2. The lowest BCUT2D eigenvalue weighted by Gasteiger charge is -2.27. The first-order valence-electron chi connectivity index (χ1n) is 6.69. The lowest BCUT2D eigenvalue weighted by molar-refractivity contribution is 0.334. The van der Waals surface area contributed by atoms with Gasteiger partial charge in [0.05, 0.1) is 5.02 Å². The molecule has 8 heteroatoms. The van der Waals surface area contributed by atoms with Crippen molar-refractivity contribution in [3.05, 3.63) is 27.7 Å². The Morgan fingerprint density at radius 2 is 1.95 bits per heavy atom. The molecule has 1 aromatic rings. The highest BCUT2D eigenvalue weighted by Gasteiger charge is 2.43. The predicted molar refractivity (Wildman–Crippen MR) is 89.7 cm³/mol. The lowest BCUT2D eigenvalue weighted by Crippen LogP contribution is -2.42. The quantitative estimate of drug-likeness (QED) is 0.807. The van der Waals surface area contributed by atoms with E-state index >= 15 is 0 Å². The van der Waals surface area contributed by atoms with Crippen LogP contribution in [0.4, 0.5) is 0 Å². The molecule has 2 saturated heterocycles. The van der Waals surface area contributed by atoms with Crippen LogP contribution in [-0.4, -0.2) is 37.9 Å². The fourth-order valence-electron chi connectivity index (χ4n) is 3.13. The van der Waals surface area contributed by atoms with Crippen molar-refractivity contribution in [2.75, 3.05) is 13.1 Å². The smallest absolute Gasteiger partial charge is 0.245 e. The molecular weight excluding hydrogens is 399 g/mol. The van der Waals surface area contributed by atoms with E-state index in [1.165, 1.54) is 0 Å². The maximum absolute atomic E-state index is 12.9. The van der Waals surface area contributed by atoms with Crippen molar-refractivity contribution < 1.29 is 8.42 Å². The van der Waals surface area contributed by atoms with Crippen molar-refractivity contribution in [2.24, 2.45) is 0 Å². The van der Waals surface area contributed by atoms with Gasteiger partial charge in [-0.2, -0.15) is 4.31 Å². The van der Waals surface area contributed by atoms with E-state index in [9.17, 15) is 8.42 Å². The molecule has 1 aromatic carbocycles. The summed E-state index contributed by atoms with van der Waals surface area (Å²) in [6.45, 7) is 1.60. The van der Waals surface area contributed by atoms with Gasteiger partial charge in [0.25, 0.3) is 0 Å². The zero-order valence-electron chi connectivity index (χ0n) is 11.3. The Morgan fingerprint density at radius 3 is 2.67 bits per heavy atom. The average Bonchev–Trinajstić information content (AvgIpc) is 2.63. The minimum atomic E-state index is -3.53. The zero-order valence-corrected chi connectivity index (χ0v) is 15.2. The molecule has 0 aliphatic carbocycles. The molecule has 2 unspecified atom stereocenters. The Kier molecular flexibility index (Phi) is 5.60. The number of hydrogen-bond donors (Lipinski definition) is 1. The van der Waals surface area contributed by atoms with E-state index in [-0.39, 0.29) is 34.4 Å². The molecule has 2 aliphatic rings. The maximum atomic E-state index is 12.9. The number of benzene rings is 1. The van der Waals surface area contributed by atoms with Crippen molar-refractivity contribution >= 4 is 50.0 Å². The summed E-state index contributed by atoms with van der Waals surface area (Å²) in [5.41, 5.74) is 0. The molecule has 2 fully saturated rings. The Hall–Kier alpha value is 0.150. The van der Waals surface area contributed by atoms with Gasteiger partial charge in [-0.15, -0.1) is 12.4 Å². The largest absolute Gasteiger partial charge is 0.315 e. The number of sulfonamides is 1. The third-order valence-corrected chi connectivity index (χ3v) is 7.02. The molecule has 0 radical (unpaired) electrons. The first-order chi connectivity index (χ1) is 9.50. The molecule has 1 N–H and O–H groups in total.